The van der Waals surface area contributed by atoms with E-state index in [1.54, 1.807) is 40.6 Å². The fourth-order valence-corrected chi connectivity index (χ4v) is 6.56. The summed E-state index contributed by atoms with van der Waals surface area (Å²) in [5.74, 6) is -0.944. The van der Waals surface area contributed by atoms with Crippen LogP contribution < -0.4 is 10.2 Å². The van der Waals surface area contributed by atoms with Crippen LogP contribution in [0.2, 0.25) is 5.02 Å². The minimum Gasteiger partial charge on any atom is -0.345 e. The van der Waals surface area contributed by atoms with Crippen molar-refractivity contribution in [3.63, 3.8) is 0 Å². The SMILES string of the molecule is C=Ic1cc(F)ccc1C[C@H](NC(=O)c1cc2cc(Cl)cnc2[nH]1)C(=O)N1CCN(c2nccs2)CC1. The number of rotatable bonds is 7. The smallest absolute Gasteiger partial charge is 0.268 e. The Morgan fingerprint density at radius 2 is 2.03 bits per heavy atom. The van der Waals surface area contributed by atoms with E-state index < -0.39 is 32.7 Å². The summed E-state index contributed by atoms with van der Waals surface area (Å²) in [4.78, 5) is 42.4. The second-order valence-corrected chi connectivity index (χ2v) is 11.7. The third-order valence-electron chi connectivity index (χ3n) is 6.15. The molecule has 0 aliphatic carbocycles. The summed E-state index contributed by atoms with van der Waals surface area (Å²) in [5.41, 5.74) is 1.62. The number of benzene rings is 1. The molecule has 8 nitrogen and oxygen atoms in total. The van der Waals surface area contributed by atoms with E-state index in [9.17, 15) is 14.0 Å². The van der Waals surface area contributed by atoms with E-state index in [0.717, 1.165) is 14.3 Å². The van der Waals surface area contributed by atoms with Gasteiger partial charge < -0.3 is 20.1 Å². The van der Waals surface area contributed by atoms with Gasteiger partial charge in [-0.15, -0.1) is 11.3 Å². The summed E-state index contributed by atoms with van der Waals surface area (Å²) in [6.45, 7) is 2.33. The molecule has 0 unspecified atom stereocenters. The molecule has 192 valence electrons. The van der Waals surface area contributed by atoms with E-state index in [1.807, 2.05) is 5.38 Å². The summed E-state index contributed by atoms with van der Waals surface area (Å²) in [6.07, 6.45) is 3.51. The third-order valence-corrected chi connectivity index (χ3v) is 9.01. The van der Waals surface area contributed by atoms with Crippen molar-refractivity contribution in [1.82, 2.24) is 25.2 Å². The molecule has 4 aromatic rings. The van der Waals surface area contributed by atoms with Gasteiger partial charge in [-0.1, -0.05) is 42.9 Å². The molecule has 0 radical (unpaired) electrons. The van der Waals surface area contributed by atoms with Crippen LogP contribution in [0.1, 0.15) is 16.1 Å². The number of piperazine rings is 1. The average molecular weight is 653 g/mol. The molecule has 2 amide bonds. The number of aromatic amines is 1. The van der Waals surface area contributed by atoms with E-state index >= 15 is 0 Å². The molecule has 3 aromatic heterocycles. The van der Waals surface area contributed by atoms with Crippen LogP contribution in [-0.4, -0.2) is 68.4 Å². The molecule has 12 heteroatoms. The highest BCUT2D eigenvalue weighted by Crippen LogP contribution is 2.22. The van der Waals surface area contributed by atoms with Crippen LogP contribution in [0.15, 0.2) is 48.1 Å². The lowest BCUT2D eigenvalue weighted by molar-refractivity contribution is -0.133. The molecule has 0 saturated carbocycles. The Hall–Kier alpha value is -2.90. The fraction of sp³-hybridized carbons (Fsp3) is 0.240. The molecule has 1 aliphatic rings. The van der Waals surface area contributed by atoms with Gasteiger partial charge in [-0.05, 0) is 29.8 Å². The Morgan fingerprint density at radius 3 is 2.76 bits per heavy atom. The van der Waals surface area contributed by atoms with Crippen molar-refractivity contribution in [3.8, 4) is 0 Å². The minimum absolute atomic E-state index is 0.179. The molecule has 1 fully saturated rings. The van der Waals surface area contributed by atoms with E-state index in [1.165, 1.54) is 18.3 Å². The number of H-pyrrole nitrogens is 1. The molecular weight excluding hydrogens is 630 g/mol. The maximum Gasteiger partial charge on any atom is 0.268 e. The van der Waals surface area contributed by atoms with Crippen LogP contribution in [0.3, 0.4) is 0 Å². The number of carbonyl (C=O) groups excluding carboxylic acids is 2. The fourth-order valence-electron chi connectivity index (χ4n) is 4.29. The number of nitrogens with zero attached hydrogens (tertiary/aromatic N) is 4. The molecule has 1 saturated heterocycles. The van der Waals surface area contributed by atoms with Gasteiger partial charge >= 0.3 is 0 Å². The highest BCUT2D eigenvalue weighted by molar-refractivity contribution is 14.2. The first-order valence-electron chi connectivity index (χ1n) is 11.5. The Balaban J connectivity index is 1.37. The van der Waals surface area contributed by atoms with Crippen LogP contribution in [0.4, 0.5) is 9.52 Å². The van der Waals surface area contributed by atoms with Crippen LogP contribution in [0, 0.1) is 9.39 Å². The second kappa shape index (κ2) is 11.2. The molecule has 2 N–H and O–H groups in total. The number of halogens is 3. The van der Waals surface area contributed by atoms with Crippen LogP contribution in [0.5, 0.6) is 0 Å². The van der Waals surface area contributed by atoms with Crippen LogP contribution in [-0.2, 0) is 11.2 Å². The van der Waals surface area contributed by atoms with E-state index in [4.69, 9.17) is 11.6 Å². The first-order chi connectivity index (χ1) is 17.9. The number of hydrogen-bond donors (Lipinski definition) is 2. The number of aromatic nitrogens is 3. The quantitative estimate of drug-likeness (QED) is 0.294. The van der Waals surface area contributed by atoms with Crippen molar-refractivity contribution in [3.05, 3.63) is 73.8 Å². The lowest BCUT2D eigenvalue weighted by Gasteiger charge is -2.36. The summed E-state index contributed by atoms with van der Waals surface area (Å²) >= 11 is 6.92. The predicted octanol–water partition coefficient (Wildman–Crippen LogP) is 4.07. The summed E-state index contributed by atoms with van der Waals surface area (Å²) in [7, 11) is 0. The Labute approximate surface area is 231 Å². The number of hydrogen-bond acceptors (Lipinski definition) is 6. The maximum absolute atomic E-state index is 13.9. The molecule has 1 atom stereocenters. The lowest BCUT2D eigenvalue weighted by Crippen LogP contribution is -2.55. The first-order valence-corrected chi connectivity index (χ1v) is 15.3. The molecule has 5 rings (SSSR count). The van der Waals surface area contributed by atoms with Gasteiger partial charge in [-0.25, -0.2) is 14.4 Å². The number of pyridine rings is 1. The van der Waals surface area contributed by atoms with Gasteiger partial charge in [0.25, 0.3) is 5.91 Å². The molecule has 4 heterocycles. The number of fused-ring (bicyclic) bond motifs is 1. The maximum atomic E-state index is 13.9. The van der Waals surface area contributed by atoms with Gasteiger partial charge in [0.1, 0.15) is 23.2 Å². The van der Waals surface area contributed by atoms with Gasteiger partial charge in [-0.2, -0.15) is 0 Å². The van der Waals surface area contributed by atoms with E-state index in [-0.39, 0.29) is 23.8 Å². The number of anilines is 1. The largest absolute Gasteiger partial charge is 0.345 e. The summed E-state index contributed by atoms with van der Waals surface area (Å²) in [5, 5.41) is 6.93. The number of nitrogens with one attached hydrogen (secondary N) is 2. The molecule has 37 heavy (non-hydrogen) atoms. The van der Waals surface area contributed by atoms with Crippen LogP contribution in [0.25, 0.3) is 11.0 Å². The number of amides is 2. The Bertz CT molecular complexity index is 1450. The highest BCUT2D eigenvalue weighted by atomic mass is 127. The van der Waals surface area contributed by atoms with Crippen LogP contribution >= 0.6 is 43.7 Å². The lowest BCUT2D eigenvalue weighted by atomic mass is 10.0. The first kappa shape index (κ1) is 25.7. The summed E-state index contributed by atoms with van der Waals surface area (Å²) < 4.78 is 18.7. The molecule has 0 spiro atoms. The zero-order valence-corrected chi connectivity index (χ0v) is 23.3. The summed E-state index contributed by atoms with van der Waals surface area (Å²) in [6, 6.07) is 7.06. The van der Waals surface area contributed by atoms with Gasteiger partial charge in [0.2, 0.25) is 5.91 Å². The Kier molecular flexibility index (Phi) is 7.81. The van der Waals surface area contributed by atoms with Gasteiger partial charge in [0.15, 0.2) is 5.13 Å². The molecule has 1 aromatic carbocycles. The third kappa shape index (κ3) is 5.83. The van der Waals surface area contributed by atoms with Gasteiger partial charge in [-0.3, -0.25) is 9.59 Å². The van der Waals surface area contributed by atoms with Crippen molar-refractivity contribution in [2.45, 2.75) is 12.5 Å². The molecule has 1 aliphatic heterocycles. The van der Waals surface area contributed by atoms with Crippen molar-refractivity contribution >= 4 is 76.2 Å². The average Bonchev–Trinajstić information content (AvgIpc) is 3.59. The zero-order valence-electron chi connectivity index (χ0n) is 19.6. The van der Waals surface area contributed by atoms with Crippen molar-refractivity contribution < 1.29 is 14.0 Å². The topological polar surface area (TPSA) is 94.2 Å². The van der Waals surface area contributed by atoms with Crippen molar-refractivity contribution in [2.75, 3.05) is 31.1 Å². The molecule has 0 bridgehead atoms. The normalized spacial score (nSPS) is 14.6. The Morgan fingerprint density at radius 1 is 1.22 bits per heavy atom. The van der Waals surface area contributed by atoms with E-state index in [2.05, 4.69) is 29.7 Å². The molecular formula is C25H23ClFIN6O2S. The standard InChI is InChI=1S/C25H23ClFIN6O2S/c1-28-19-13-18(27)3-2-15(19)11-21(24(36)33-5-7-34(8-6-33)25-29-4-9-37-25)32-23(35)20-12-16-10-17(26)14-30-22(16)31-20/h2-4,9-10,12-14,21H,1,5-8,11H2,(H,30,31)(H,32,35)/t21-/m0/s1. The number of carbonyl (C=O) groups is 2. The van der Waals surface area contributed by atoms with Gasteiger partial charge in [0, 0.05) is 59.3 Å². The van der Waals surface area contributed by atoms with Crippen molar-refractivity contribution in [2.24, 2.45) is 0 Å². The zero-order chi connectivity index (χ0) is 25.9. The predicted molar refractivity (Wildman–Crippen MR) is 153 cm³/mol. The van der Waals surface area contributed by atoms with E-state index in [0.29, 0.717) is 42.2 Å². The minimum atomic E-state index is -0.832. The highest BCUT2D eigenvalue weighted by Gasteiger charge is 2.30. The second-order valence-electron chi connectivity index (χ2n) is 8.50. The van der Waals surface area contributed by atoms with Crippen molar-refractivity contribution in [1.29, 1.82) is 0 Å². The van der Waals surface area contributed by atoms with Gasteiger partial charge in [0.05, 0.1) is 5.02 Å². The monoisotopic (exact) mass is 652 g/mol. The number of thiazole rings is 1.